The van der Waals surface area contributed by atoms with E-state index in [4.69, 9.17) is 16.9 Å². The molecule has 0 saturated heterocycles. The van der Waals surface area contributed by atoms with E-state index in [1.54, 1.807) is 6.07 Å². The Bertz CT molecular complexity index is 426. The van der Waals surface area contributed by atoms with Crippen LogP contribution in [0.4, 0.5) is 4.39 Å². The van der Waals surface area contributed by atoms with Gasteiger partial charge in [0.1, 0.15) is 11.6 Å². The Hall–Kier alpha value is -1.60. The first kappa shape index (κ1) is 10.5. The monoisotopic (exact) mass is 213 g/mol. The van der Waals surface area contributed by atoms with Gasteiger partial charge in [-0.15, -0.1) is 0 Å². The molecule has 72 valence electrons. The zero-order chi connectivity index (χ0) is 10.7. The van der Waals surface area contributed by atoms with Crippen molar-refractivity contribution in [2.75, 3.05) is 7.11 Å². The second-order valence-electron chi connectivity index (χ2n) is 2.39. The van der Waals surface area contributed by atoms with Crippen LogP contribution in [0.2, 0.25) is 5.02 Å². The largest absolute Gasteiger partial charge is 0.465 e. The quantitative estimate of drug-likeness (QED) is 0.672. The maximum atomic E-state index is 13.4. The number of halogens is 2. The van der Waals surface area contributed by atoms with E-state index in [0.29, 0.717) is 0 Å². The lowest BCUT2D eigenvalue weighted by atomic mass is 10.1. The molecule has 0 heterocycles. The predicted octanol–water partition coefficient (Wildman–Crippen LogP) is 2.14. The highest BCUT2D eigenvalue weighted by molar-refractivity contribution is 6.33. The van der Waals surface area contributed by atoms with Gasteiger partial charge in [-0.1, -0.05) is 11.6 Å². The van der Waals surface area contributed by atoms with E-state index in [-0.39, 0.29) is 10.6 Å². The van der Waals surface area contributed by atoms with Crippen LogP contribution in [0.5, 0.6) is 0 Å². The van der Waals surface area contributed by atoms with Gasteiger partial charge in [0.15, 0.2) is 5.82 Å². The summed E-state index contributed by atoms with van der Waals surface area (Å²) in [6.45, 7) is 0. The SMILES string of the molecule is COC(=O)c1c(Cl)ccc(C#N)c1F. The van der Waals surface area contributed by atoms with Gasteiger partial charge < -0.3 is 4.74 Å². The highest BCUT2D eigenvalue weighted by Gasteiger charge is 2.19. The van der Waals surface area contributed by atoms with Crippen LogP contribution < -0.4 is 0 Å². The molecule has 0 aromatic heterocycles. The molecule has 0 aliphatic heterocycles. The number of nitrogens with zero attached hydrogens (tertiary/aromatic N) is 1. The van der Waals surface area contributed by atoms with Gasteiger partial charge in [-0.2, -0.15) is 5.26 Å². The maximum Gasteiger partial charge on any atom is 0.342 e. The van der Waals surface area contributed by atoms with Crippen molar-refractivity contribution in [2.45, 2.75) is 0 Å². The topological polar surface area (TPSA) is 50.1 Å². The van der Waals surface area contributed by atoms with E-state index in [1.165, 1.54) is 12.1 Å². The van der Waals surface area contributed by atoms with Crippen LogP contribution >= 0.6 is 11.6 Å². The van der Waals surface area contributed by atoms with Crippen molar-refractivity contribution in [1.29, 1.82) is 5.26 Å². The fraction of sp³-hybridized carbons (Fsp3) is 0.111. The normalized spacial score (nSPS) is 9.29. The molecule has 0 unspecified atom stereocenters. The predicted molar refractivity (Wildman–Crippen MR) is 47.5 cm³/mol. The Morgan fingerprint density at radius 3 is 2.79 bits per heavy atom. The van der Waals surface area contributed by atoms with E-state index in [2.05, 4.69) is 4.74 Å². The fourth-order valence-electron chi connectivity index (χ4n) is 0.928. The molecule has 5 heteroatoms. The first-order chi connectivity index (χ1) is 6.61. The van der Waals surface area contributed by atoms with Crippen molar-refractivity contribution in [3.8, 4) is 6.07 Å². The third kappa shape index (κ3) is 1.68. The molecule has 1 aromatic rings. The van der Waals surface area contributed by atoms with Gasteiger partial charge in [-0.25, -0.2) is 9.18 Å². The van der Waals surface area contributed by atoms with Crippen molar-refractivity contribution >= 4 is 17.6 Å². The first-order valence-corrected chi connectivity index (χ1v) is 3.96. The third-order valence-corrected chi connectivity index (χ3v) is 1.92. The summed E-state index contributed by atoms with van der Waals surface area (Å²) in [4.78, 5) is 11.1. The molecule has 0 bridgehead atoms. The number of esters is 1. The molecule has 0 fully saturated rings. The Labute approximate surface area is 84.7 Å². The highest BCUT2D eigenvalue weighted by atomic mass is 35.5. The Morgan fingerprint density at radius 1 is 1.64 bits per heavy atom. The Kier molecular flexibility index (Phi) is 3.05. The summed E-state index contributed by atoms with van der Waals surface area (Å²) in [5, 5.41) is 8.43. The van der Waals surface area contributed by atoms with Gasteiger partial charge in [0, 0.05) is 0 Å². The lowest BCUT2D eigenvalue weighted by Crippen LogP contribution is -2.06. The van der Waals surface area contributed by atoms with Crippen molar-refractivity contribution in [2.24, 2.45) is 0 Å². The molecule has 0 radical (unpaired) electrons. The van der Waals surface area contributed by atoms with E-state index in [0.717, 1.165) is 7.11 Å². The van der Waals surface area contributed by atoms with Crippen LogP contribution in [-0.4, -0.2) is 13.1 Å². The highest BCUT2D eigenvalue weighted by Crippen LogP contribution is 2.22. The number of methoxy groups -OCH3 is 1. The second kappa shape index (κ2) is 4.07. The average Bonchev–Trinajstić information content (AvgIpc) is 2.18. The number of ether oxygens (including phenoxy) is 1. The van der Waals surface area contributed by atoms with E-state index < -0.39 is 17.3 Å². The Morgan fingerprint density at radius 2 is 2.29 bits per heavy atom. The average molecular weight is 214 g/mol. The van der Waals surface area contributed by atoms with Crippen LogP contribution in [0.3, 0.4) is 0 Å². The summed E-state index contributed by atoms with van der Waals surface area (Å²) >= 11 is 5.58. The summed E-state index contributed by atoms with van der Waals surface area (Å²) in [6, 6.07) is 4.07. The van der Waals surface area contributed by atoms with Gasteiger partial charge in [-0.05, 0) is 12.1 Å². The first-order valence-electron chi connectivity index (χ1n) is 3.58. The van der Waals surface area contributed by atoms with Gasteiger partial charge >= 0.3 is 5.97 Å². The van der Waals surface area contributed by atoms with Gasteiger partial charge in [0.05, 0.1) is 17.7 Å². The fourth-order valence-corrected chi connectivity index (χ4v) is 1.15. The zero-order valence-electron chi connectivity index (χ0n) is 7.17. The van der Waals surface area contributed by atoms with E-state index in [9.17, 15) is 9.18 Å². The van der Waals surface area contributed by atoms with Crippen LogP contribution in [-0.2, 0) is 4.74 Å². The van der Waals surface area contributed by atoms with Crippen LogP contribution in [0.1, 0.15) is 15.9 Å². The van der Waals surface area contributed by atoms with Gasteiger partial charge in [0.2, 0.25) is 0 Å². The minimum atomic E-state index is -0.952. The molecule has 0 aliphatic carbocycles. The van der Waals surface area contributed by atoms with Gasteiger partial charge in [0.25, 0.3) is 0 Å². The lowest BCUT2D eigenvalue weighted by Gasteiger charge is -2.04. The number of hydrogen-bond donors (Lipinski definition) is 0. The minimum absolute atomic E-state index is 0.0756. The third-order valence-electron chi connectivity index (χ3n) is 1.60. The van der Waals surface area contributed by atoms with Crippen molar-refractivity contribution in [1.82, 2.24) is 0 Å². The zero-order valence-corrected chi connectivity index (χ0v) is 7.93. The molecule has 1 rings (SSSR count). The van der Waals surface area contributed by atoms with Crippen molar-refractivity contribution in [3.63, 3.8) is 0 Å². The van der Waals surface area contributed by atoms with E-state index >= 15 is 0 Å². The molecular weight excluding hydrogens is 209 g/mol. The van der Waals surface area contributed by atoms with Crippen molar-refractivity contribution in [3.05, 3.63) is 34.1 Å². The molecule has 0 saturated carbocycles. The number of nitriles is 1. The summed E-state index contributed by atoms with van der Waals surface area (Å²) in [7, 11) is 1.11. The number of hydrogen-bond acceptors (Lipinski definition) is 3. The van der Waals surface area contributed by atoms with Crippen LogP contribution in [0.15, 0.2) is 12.1 Å². The number of carbonyl (C=O) groups is 1. The molecule has 0 spiro atoms. The summed E-state index contributed by atoms with van der Waals surface area (Å²) in [5.74, 6) is -1.85. The number of benzene rings is 1. The summed E-state index contributed by atoms with van der Waals surface area (Å²) < 4.78 is 17.7. The molecule has 0 amide bonds. The molecule has 1 aromatic carbocycles. The summed E-state index contributed by atoms with van der Waals surface area (Å²) in [6.07, 6.45) is 0. The molecule has 14 heavy (non-hydrogen) atoms. The molecule has 0 atom stereocenters. The number of rotatable bonds is 1. The molecule has 3 nitrogen and oxygen atoms in total. The molecular formula is C9H5ClFNO2. The standard InChI is InChI=1S/C9H5ClFNO2/c1-14-9(13)7-6(10)3-2-5(4-12)8(7)11/h2-3H,1H3. The molecule has 0 aliphatic rings. The van der Waals surface area contributed by atoms with Crippen molar-refractivity contribution < 1.29 is 13.9 Å². The van der Waals surface area contributed by atoms with Gasteiger partial charge in [-0.3, -0.25) is 0 Å². The van der Waals surface area contributed by atoms with Crippen LogP contribution in [0.25, 0.3) is 0 Å². The minimum Gasteiger partial charge on any atom is -0.465 e. The Balaban J connectivity index is 3.42. The number of carbonyl (C=O) groups excluding carboxylic acids is 1. The summed E-state index contributed by atoms with van der Waals surface area (Å²) in [5.41, 5.74) is -0.650. The van der Waals surface area contributed by atoms with Crippen LogP contribution in [0, 0.1) is 17.1 Å². The van der Waals surface area contributed by atoms with E-state index in [1.807, 2.05) is 0 Å². The maximum absolute atomic E-state index is 13.4. The second-order valence-corrected chi connectivity index (χ2v) is 2.79. The lowest BCUT2D eigenvalue weighted by molar-refractivity contribution is 0.0595. The smallest absolute Gasteiger partial charge is 0.342 e. The molecule has 0 N–H and O–H groups in total.